The molecule has 9 heteroatoms. The summed E-state index contributed by atoms with van der Waals surface area (Å²) in [5.41, 5.74) is 1.67. The first-order valence-corrected chi connectivity index (χ1v) is 9.86. The minimum atomic E-state index is -1.69. The van der Waals surface area contributed by atoms with Crippen LogP contribution in [0.3, 0.4) is 0 Å². The van der Waals surface area contributed by atoms with Crippen molar-refractivity contribution in [2.24, 2.45) is 17.3 Å². The molecule has 4 N–H and O–H groups in total. The quantitative estimate of drug-likeness (QED) is 0.382. The Labute approximate surface area is 175 Å². The monoisotopic (exact) mass is 418 g/mol. The number of nitrogens with one attached hydrogen (secondary N) is 2. The third-order valence-corrected chi connectivity index (χ3v) is 4.70. The van der Waals surface area contributed by atoms with Gasteiger partial charge in [-0.15, -0.1) is 0 Å². The van der Waals surface area contributed by atoms with Crippen molar-refractivity contribution in [3.05, 3.63) is 36.2 Å². The Morgan fingerprint density at radius 1 is 1.13 bits per heavy atom. The average molecular weight is 418 g/mol. The highest BCUT2D eigenvalue weighted by atomic mass is 16.5. The van der Waals surface area contributed by atoms with Gasteiger partial charge in [-0.05, 0) is 29.9 Å². The van der Waals surface area contributed by atoms with Gasteiger partial charge in [-0.3, -0.25) is 14.8 Å². The van der Waals surface area contributed by atoms with Crippen LogP contribution in [0.5, 0.6) is 0 Å². The molecule has 0 bridgehead atoms. The number of rotatable bonds is 8. The van der Waals surface area contributed by atoms with E-state index in [2.05, 4.69) is 15.5 Å². The number of hydroxylamine groups is 1. The summed E-state index contributed by atoms with van der Waals surface area (Å²) in [5, 5.41) is 26.0. The Balaban J connectivity index is 2.30. The van der Waals surface area contributed by atoms with Gasteiger partial charge in [-0.25, -0.2) is 5.48 Å². The molecule has 0 unspecified atom stereocenters. The highest BCUT2D eigenvalue weighted by molar-refractivity contribution is 5.88. The second kappa shape index (κ2) is 9.82. The number of carbonyl (C=O) groups excluding carboxylic acids is 2. The first kappa shape index (κ1) is 23.5. The van der Waals surface area contributed by atoms with Gasteiger partial charge in [0.25, 0.3) is 11.8 Å². The van der Waals surface area contributed by atoms with E-state index in [0.29, 0.717) is 11.7 Å². The van der Waals surface area contributed by atoms with Crippen molar-refractivity contribution in [1.82, 2.24) is 20.9 Å². The second-order valence-electron chi connectivity index (χ2n) is 8.79. The number of hydrogen-bond donors (Lipinski definition) is 4. The normalized spacial score (nSPS) is 14.8. The van der Waals surface area contributed by atoms with Gasteiger partial charge in [-0.1, -0.05) is 58.0 Å². The van der Waals surface area contributed by atoms with Crippen LogP contribution in [-0.4, -0.2) is 38.4 Å². The summed E-state index contributed by atoms with van der Waals surface area (Å²) in [7, 11) is 0. The first-order valence-electron chi connectivity index (χ1n) is 9.86. The molecule has 3 atom stereocenters. The summed E-state index contributed by atoms with van der Waals surface area (Å²) >= 11 is 0. The molecule has 164 valence electrons. The molecule has 1 heterocycles. The minimum Gasteiger partial charge on any atom is -0.382 e. The lowest BCUT2D eigenvalue weighted by molar-refractivity contribution is -0.147. The summed E-state index contributed by atoms with van der Waals surface area (Å²) in [5.74, 6) is -1.97. The van der Waals surface area contributed by atoms with Crippen LogP contribution in [0.15, 0.2) is 34.9 Å². The average Bonchev–Trinajstić information content (AvgIpc) is 3.18. The summed E-state index contributed by atoms with van der Waals surface area (Å²) < 4.78 is 5.38. The highest BCUT2D eigenvalue weighted by Gasteiger charge is 2.38. The number of aromatic nitrogens is 2. The maximum atomic E-state index is 13.0. The summed E-state index contributed by atoms with van der Waals surface area (Å²) in [6.07, 6.45) is -1.44. The van der Waals surface area contributed by atoms with Crippen LogP contribution in [0.2, 0.25) is 0 Å². The number of benzene rings is 1. The van der Waals surface area contributed by atoms with Crippen molar-refractivity contribution in [2.45, 2.75) is 53.2 Å². The number of hydrogen-bond acceptors (Lipinski definition) is 7. The Hall–Kier alpha value is -2.78. The molecule has 0 radical (unpaired) electrons. The van der Waals surface area contributed by atoms with Crippen LogP contribution in [0.4, 0.5) is 0 Å². The van der Waals surface area contributed by atoms with Crippen molar-refractivity contribution >= 4 is 11.8 Å². The first-order chi connectivity index (χ1) is 14.0. The zero-order chi connectivity index (χ0) is 22.5. The van der Waals surface area contributed by atoms with Gasteiger partial charge in [0.05, 0.1) is 12.0 Å². The molecule has 0 saturated heterocycles. The van der Waals surface area contributed by atoms with E-state index in [1.165, 1.54) is 5.48 Å². The van der Waals surface area contributed by atoms with Crippen LogP contribution in [0.25, 0.3) is 11.5 Å². The van der Waals surface area contributed by atoms with Gasteiger partial charge in [0.15, 0.2) is 5.82 Å². The molecule has 0 aliphatic carbocycles. The molecular weight excluding hydrogens is 388 g/mol. The van der Waals surface area contributed by atoms with E-state index in [0.717, 1.165) is 5.56 Å². The number of amides is 2. The third kappa shape index (κ3) is 5.87. The lowest BCUT2D eigenvalue weighted by Crippen LogP contribution is -2.48. The van der Waals surface area contributed by atoms with Gasteiger partial charge in [0.2, 0.25) is 5.91 Å². The number of aliphatic hydroxyl groups excluding tert-OH is 1. The second-order valence-corrected chi connectivity index (χ2v) is 8.79. The maximum absolute atomic E-state index is 13.0. The Morgan fingerprint density at radius 3 is 2.30 bits per heavy atom. The molecule has 0 aliphatic heterocycles. The van der Waals surface area contributed by atoms with Gasteiger partial charge in [0.1, 0.15) is 6.10 Å². The van der Waals surface area contributed by atoms with Crippen molar-refractivity contribution in [2.75, 3.05) is 0 Å². The molecule has 0 spiro atoms. The lowest BCUT2D eigenvalue weighted by Gasteiger charge is -2.31. The van der Waals surface area contributed by atoms with E-state index < -0.39 is 35.3 Å². The Kier molecular flexibility index (Phi) is 7.69. The van der Waals surface area contributed by atoms with Crippen LogP contribution in [0, 0.1) is 17.3 Å². The Bertz CT molecular complexity index is 845. The topological polar surface area (TPSA) is 138 Å². The lowest BCUT2D eigenvalue weighted by atomic mass is 9.84. The molecule has 30 heavy (non-hydrogen) atoms. The van der Waals surface area contributed by atoms with E-state index in [4.69, 9.17) is 9.73 Å². The number of carbonyl (C=O) groups is 2. The molecule has 1 aromatic carbocycles. The highest BCUT2D eigenvalue weighted by Crippen LogP contribution is 2.33. The minimum absolute atomic E-state index is 0.0323. The fraction of sp³-hybridized carbons (Fsp3) is 0.524. The molecule has 2 amide bonds. The fourth-order valence-electron chi connectivity index (χ4n) is 3.10. The molecule has 9 nitrogen and oxygen atoms in total. The zero-order valence-corrected chi connectivity index (χ0v) is 17.9. The van der Waals surface area contributed by atoms with Crippen molar-refractivity contribution < 1.29 is 24.4 Å². The predicted octanol–water partition coefficient (Wildman–Crippen LogP) is 2.47. The molecule has 2 rings (SSSR count). The predicted molar refractivity (Wildman–Crippen MR) is 109 cm³/mol. The van der Waals surface area contributed by atoms with Gasteiger partial charge in [0, 0.05) is 5.56 Å². The standard InChI is InChI=1S/C21H30N4O5/c1-12(2)11-14(15(26)19(28)24-29)18(27)22-16(21(3,4)5)17-23-20(30-25-17)13-9-7-6-8-10-13/h6-10,12,14-16,26,29H,11H2,1-5H3,(H,22,27)(H,24,28)/t14-,15-,16+/m0/s1. The van der Waals surface area contributed by atoms with E-state index in [1.54, 1.807) is 0 Å². The van der Waals surface area contributed by atoms with E-state index in [-0.39, 0.29) is 12.3 Å². The SMILES string of the molecule is CC(C)C[C@H](C(=O)N[C@H](c1noc(-c2ccccc2)n1)C(C)(C)C)[C@H](O)C(=O)NO. The zero-order valence-electron chi connectivity index (χ0n) is 17.9. The molecule has 0 aliphatic rings. The fourth-order valence-corrected chi connectivity index (χ4v) is 3.10. The van der Waals surface area contributed by atoms with Gasteiger partial charge in [-0.2, -0.15) is 4.98 Å². The molecule has 2 aromatic rings. The van der Waals surface area contributed by atoms with E-state index >= 15 is 0 Å². The largest absolute Gasteiger partial charge is 0.382 e. The van der Waals surface area contributed by atoms with E-state index in [1.807, 2.05) is 65.0 Å². The third-order valence-electron chi connectivity index (χ3n) is 4.70. The van der Waals surface area contributed by atoms with Gasteiger partial charge >= 0.3 is 0 Å². The maximum Gasteiger partial charge on any atom is 0.272 e. The van der Waals surface area contributed by atoms with Crippen LogP contribution in [-0.2, 0) is 9.59 Å². The van der Waals surface area contributed by atoms with Gasteiger partial charge < -0.3 is 14.9 Å². The van der Waals surface area contributed by atoms with Crippen LogP contribution in [0.1, 0.15) is 52.9 Å². The van der Waals surface area contributed by atoms with E-state index in [9.17, 15) is 14.7 Å². The molecular formula is C21H30N4O5. The smallest absolute Gasteiger partial charge is 0.272 e. The van der Waals surface area contributed by atoms with Crippen molar-refractivity contribution in [3.8, 4) is 11.5 Å². The Morgan fingerprint density at radius 2 is 1.77 bits per heavy atom. The summed E-state index contributed by atoms with van der Waals surface area (Å²) in [4.78, 5) is 29.2. The molecule has 0 fully saturated rings. The number of aliphatic hydroxyl groups is 1. The van der Waals surface area contributed by atoms with Crippen LogP contribution >= 0.6 is 0 Å². The summed E-state index contributed by atoms with van der Waals surface area (Å²) in [6, 6.07) is 8.63. The molecule has 0 saturated carbocycles. The summed E-state index contributed by atoms with van der Waals surface area (Å²) in [6.45, 7) is 9.47. The number of nitrogens with zero attached hydrogens (tertiary/aromatic N) is 2. The van der Waals surface area contributed by atoms with Crippen molar-refractivity contribution in [1.29, 1.82) is 0 Å². The van der Waals surface area contributed by atoms with Crippen LogP contribution < -0.4 is 10.8 Å². The van der Waals surface area contributed by atoms with Crippen molar-refractivity contribution in [3.63, 3.8) is 0 Å². The molecule has 1 aromatic heterocycles.